The molecule has 2 saturated heterocycles. The van der Waals surface area contributed by atoms with Gasteiger partial charge < -0.3 is 19.5 Å². The van der Waals surface area contributed by atoms with Crippen molar-refractivity contribution in [2.75, 3.05) is 13.2 Å². The summed E-state index contributed by atoms with van der Waals surface area (Å²) in [4.78, 5) is 6.68. The van der Waals surface area contributed by atoms with Crippen LogP contribution >= 0.6 is 12.2 Å². The first-order valence-electron chi connectivity index (χ1n) is 11.7. The van der Waals surface area contributed by atoms with Crippen molar-refractivity contribution in [3.05, 3.63) is 82.9 Å². The van der Waals surface area contributed by atoms with Crippen LogP contribution in [0.25, 0.3) is 5.69 Å². The van der Waals surface area contributed by atoms with Gasteiger partial charge in [-0.1, -0.05) is 18.2 Å². The van der Waals surface area contributed by atoms with Gasteiger partial charge in [-0.3, -0.25) is 4.98 Å². The molecule has 2 aliphatic rings. The van der Waals surface area contributed by atoms with E-state index in [0.717, 1.165) is 48.2 Å². The van der Waals surface area contributed by atoms with E-state index in [0.29, 0.717) is 11.7 Å². The topological polar surface area (TPSA) is 42.3 Å². The number of rotatable bonds is 5. The number of nitrogens with one attached hydrogen (secondary N) is 1. The van der Waals surface area contributed by atoms with Gasteiger partial charge in [-0.25, -0.2) is 0 Å². The third-order valence-corrected chi connectivity index (χ3v) is 7.21. The van der Waals surface area contributed by atoms with Crippen molar-refractivity contribution >= 4 is 17.3 Å². The molecular weight excluding hydrogens is 473 g/mol. The van der Waals surface area contributed by atoms with E-state index in [1.165, 1.54) is 12.1 Å². The first-order chi connectivity index (χ1) is 16.8. The van der Waals surface area contributed by atoms with Gasteiger partial charge in [-0.15, -0.1) is 0 Å². The summed E-state index contributed by atoms with van der Waals surface area (Å²) in [5.74, 6) is 0. The fourth-order valence-electron chi connectivity index (χ4n) is 5.31. The smallest absolute Gasteiger partial charge is 0.376 e. The second-order valence-corrected chi connectivity index (χ2v) is 9.48. The van der Waals surface area contributed by atoms with E-state index in [1.54, 1.807) is 16.8 Å². The number of aryl methyl sites for hydroxylation is 1. The van der Waals surface area contributed by atoms with Crippen molar-refractivity contribution in [2.24, 2.45) is 0 Å². The predicted octanol–water partition coefficient (Wildman–Crippen LogP) is 5.66. The molecule has 4 heterocycles. The minimum atomic E-state index is -4.46. The van der Waals surface area contributed by atoms with Crippen molar-refractivity contribution in [2.45, 2.75) is 51.1 Å². The molecule has 0 amide bonds. The Morgan fingerprint density at radius 1 is 1.14 bits per heavy atom. The lowest BCUT2D eigenvalue weighted by Crippen LogP contribution is -2.36. The van der Waals surface area contributed by atoms with Crippen LogP contribution in [0.2, 0.25) is 0 Å². The van der Waals surface area contributed by atoms with Crippen LogP contribution in [0, 0.1) is 13.8 Å². The SMILES string of the molecule is Cc1cc([C@H]2[C@H](c3ccccn3)NC(=S)N2C[C@@H]2CCCO2)c(C)n1-c1ccccc1C(F)(F)F. The van der Waals surface area contributed by atoms with E-state index in [2.05, 4.69) is 15.2 Å². The van der Waals surface area contributed by atoms with Gasteiger partial charge in [-0.2, -0.15) is 13.2 Å². The van der Waals surface area contributed by atoms with Crippen LogP contribution in [-0.4, -0.2) is 38.8 Å². The molecule has 5 nitrogen and oxygen atoms in total. The minimum Gasteiger partial charge on any atom is -0.376 e. The van der Waals surface area contributed by atoms with Crippen LogP contribution in [0.1, 0.15) is 53.1 Å². The van der Waals surface area contributed by atoms with Gasteiger partial charge in [0.05, 0.1) is 35.1 Å². The molecule has 2 fully saturated rings. The van der Waals surface area contributed by atoms with Gasteiger partial charge in [0.1, 0.15) is 0 Å². The first-order valence-corrected chi connectivity index (χ1v) is 12.1. The highest BCUT2D eigenvalue weighted by Crippen LogP contribution is 2.43. The largest absolute Gasteiger partial charge is 0.418 e. The highest BCUT2D eigenvalue weighted by atomic mass is 32.1. The maximum Gasteiger partial charge on any atom is 0.418 e. The number of ether oxygens (including phenoxy) is 1. The summed E-state index contributed by atoms with van der Waals surface area (Å²) in [6.07, 6.45) is -0.691. The Balaban J connectivity index is 1.62. The van der Waals surface area contributed by atoms with E-state index in [4.69, 9.17) is 17.0 Å². The van der Waals surface area contributed by atoms with Gasteiger partial charge in [0.2, 0.25) is 0 Å². The Morgan fingerprint density at radius 2 is 1.91 bits per heavy atom. The van der Waals surface area contributed by atoms with Crippen LogP contribution in [0.15, 0.2) is 54.7 Å². The number of benzene rings is 1. The van der Waals surface area contributed by atoms with Crippen molar-refractivity contribution < 1.29 is 17.9 Å². The summed E-state index contributed by atoms with van der Waals surface area (Å²) < 4.78 is 49.2. The van der Waals surface area contributed by atoms with Crippen LogP contribution < -0.4 is 5.32 Å². The van der Waals surface area contributed by atoms with Crippen LogP contribution in [0.5, 0.6) is 0 Å². The molecule has 35 heavy (non-hydrogen) atoms. The summed E-state index contributed by atoms with van der Waals surface area (Å²) in [6.45, 7) is 5.06. The Morgan fingerprint density at radius 3 is 2.60 bits per heavy atom. The van der Waals surface area contributed by atoms with Crippen LogP contribution in [0.3, 0.4) is 0 Å². The zero-order chi connectivity index (χ0) is 24.7. The van der Waals surface area contributed by atoms with Gasteiger partial charge in [0, 0.05) is 30.7 Å². The minimum absolute atomic E-state index is 0.0641. The fraction of sp³-hybridized carbons (Fsp3) is 0.385. The average Bonchev–Trinajstić information content (AvgIpc) is 3.53. The maximum absolute atomic E-state index is 13.9. The number of para-hydroxylation sites is 1. The Kier molecular flexibility index (Phi) is 6.31. The zero-order valence-corrected chi connectivity index (χ0v) is 20.4. The third-order valence-electron chi connectivity index (χ3n) is 6.86. The van der Waals surface area contributed by atoms with Gasteiger partial charge in [0.15, 0.2) is 5.11 Å². The molecule has 1 N–H and O–H groups in total. The average molecular weight is 501 g/mol. The van der Waals surface area contributed by atoms with E-state index in [-0.39, 0.29) is 23.9 Å². The standard InChI is InChI=1S/C26H27F3N4OS/c1-16-14-19(17(2)33(16)22-11-4-3-9-20(22)26(27,28)29)24-23(21-10-5-6-12-30-21)31-25(35)32(24)15-18-8-7-13-34-18/h3-6,9-12,14,18,23-24H,7-8,13,15H2,1-2H3,(H,31,35)/t18-,23-,24-/m0/s1. The Hall–Kier alpha value is -2.91. The number of pyridine rings is 1. The maximum atomic E-state index is 13.9. The third kappa shape index (κ3) is 4.43. The zero-order valence-electron chi connectivity index (χ0n) is 19.5. The number of aromatic nitrogens is 2. The first kappa shape index (κ1) is 23.8. The summed E-state index contributed by atoms with van der Waals surface area (Å²) in [6, 6.07) is 12.9. The number of hydrogen-bond acceptors (Lipinski definition) is 3. The van der Waals surface area contributed by atoms with E-state index in [1.807, 2.05) is 38.1 Å². The molecule has 3 aromatic rings. The van der Waals surface area contributed by atoms with Crippen molar-refractivity contribution in [3.8, 4) is 5.69 Å². The highest BCUT2D eigenvalue weighted by molar-refractivity contribution is 7.80. The molecule has 0 radical (unpaired) electrons. The molecule has 0 aliphatic carbocycles. The lowest BCUT2D eigenvalue weighted by atomic mass is 9.96. The molecule has 2 aromatic heterocycles. The number of thiocarbonyl (C=S) groups is 1. The lowest BCUT2D eigenvalue weighted by molar-refractivity contribution is -0.137. The molecule has 5 rings (SSSR count). The van der Waals surface area contributed by atoms with E-state index in [9.17, 15) is 13.2 Å². The van der Waals surface area contributed by atoms with E-state index >= 15 is 0 Å². The summed E-state index contributed by atoms with van der Waals surface area (Å²) in [7, 11) is 0. The monoisotopic (exact) mass is 500 g/mol. The summed E-state index contributed by atoms with van der Waals surface area (Å²) in [5.41, 5.74) is 2.68. The molecular formula is C26H27F3N4OS. The number of halogens is 3. The fourth-order valence-corrected chi connectivity index (χ4v) is 5.63. The van der Waals surface area contributed by atoms with Gasteiger partial charge in [-0.05, 0) is 74.8 Å². The molecule has 1 aromatic carbocycles. The quantitative estimate of drug-likeness (QED) is 0.458. The normalized spacial score (nSPS) is 22.6. The molecule has 0 unspecified atom stereocenters. The second kappa shape index (κ2) is 9.28. The molecule has 0 saturated carbocycles. The molecule has 3 atom stereocenters. The number of hydrogen-bond donors (Lipinski definition) is 1. The highest BCUT2D eigenvalue weighted by Gasteiger charge is 2.43. The van der Waals surface area contributed by atoms with Gasteiger partial charge in [0.25, 0.3) is 0 Å². The lowest BCUT2D eigenvalue weighted by Gasteiger charge is -2.30. The van der Waals surface area contributed by atoms with Crippen molar-refractivity contribution in [3.63, 3.8) is 0 Å². The molecule has 0 spiro atoms. The second-order valence-electron chi connectivity index (χ2n) is 9.09. The number of nitrogens with zero attached hydrogens (tertiary/aromatic N) is 3. The Bertz CT molecular complexity index is 1220. The van der Waals surface area contributed by atoms with Crippen LogP contribution in [0.4, 0.5) is 13.2 Å². The van der Waals surface area contributed by atoms with E-state index < -0.39 is 11.7 Å². The van der Waals surface area contributed by atoms with Crippen molar-refractivity contribution in [1.82, 2.24) is 19.8 Å². The summed E-state index contributed by atoms with van der Waals surface area (Å²) >= 11 is 5.75. The van der Waals surface area contributed by atoms with Crippen LogP contribution in [-0.2, 0) is 10.9 Å². The molecule has 9 heteroatoms. The van der Waals surface area contributed by atoms with Gasteiger partial charge >= 0.3 is 6.18 Å². The summed E-state index contributed by atoms with van der Waals surface area (Å²) in [5, 5.41) is 4.02. The molecule has 184 valence electrons. The molecule has 0 bridgehead atoms. The number of alkyl halides is 3. The Labute approximate surface area is 207 Å². The van der Waals surface area contributed by atoms with Crippen molar-refractivity contribution in [1.29, 1.82) is 0 Å². The predicted molar refractivity (Wildman–Crippen MR) is 131 cm³/mol. The molecule has 2 aliphatic heterocycles.